The number of nitrogens with zero attached hydrogens (tertiary/aromatic N) is 2. The van der Waals surface area contributed by atoms with E-state index in [0.717, 1.165) is 35.7 Å². The van der Waals surface area contributed by atoms with Crippen molar-refractivity contribution >= 4 is 31.5 Å². The summed E-state index contributed by atoms with van der Waals surface area (Å²) in [5.74, 6) is -1.13. The van der Waals surface area contributed by atoms with Gasteiger partial charge in [-0.25, -0.2) is 0 Å². The van der Waals surface area contributed by atoms with Gasteiger partial charge in [-0.05, 0) is 48.4 Å². The van der Waals surface area contributed by atoms with E-state index in [2.05, 4.69) is 32.6 Å². The van der Waals surface area contributed by atoms with Gasteiger partial charge >= 0.3 is 11.8 Å². The molecule has 2 unspecified atom stereocenters. The van der Waals surface area contributed by atoms with Gasteiger partial charge in [0.05, 0.1) is 6.04 Å². The third-order valence-electron chi connectivity index (χ3n) is 6.19. The van der Waals surface area contributed by atoms with E-state index in [1.54, 1.807) is 9.80 Å². The molecule has 1 aromatic carbocycles. The summed E-state index contributed by atoms with van der Waals surface area (Å²) in [7, 11) is -1.18. The van der Waals surface area contributed by atoms with Gasteiger partial charge in [-0.3, -0.25) is 19.3 Å². The summed E-state index contributed by atoms with van der Waals surface area (Å²) in [6.07, 6.45) is 2.89. The Labute approximate surface area is 185 Å². The molecule has 2 aliphatic rings. The minimum Gasteiger partial charge on any atom is -0.361 e. The highest BCUT2D eigenvalue weighted by Gasteiger charge is 2.34. The van der Waals surface area contributed by atoms with Gasteiger partial charge in [0.2, 0.25) is 5.91 Å². The van der Waals surface area contributed by atoms with Crippen LogP contribution < -0.4 is 10.6 Å². The van der Waals surface area contributed by atoms with Crippen LogP contribution in [0.2, 0.25) is 25.7 Å². The molecule has 1 fully saturated rings. The van der Waals surface area contributed by atoms with Crippen molar-refractivity contribution in [3.05, 3.63) is 29.3 Å². The lowest BCUT2D eigenvalue weighted by molar-refractivity contribution is -0.147. The van der Waals surface area contributed by atoms with Gasteiger partial charge in [0, 0.05) is 33.3 Å². The van der Waals surface area contributed by atoms with Crippen molar-refractivity contribution in [1.82, 2.24) is 4.90 Å². The van der Waals surface area contributed by atoms with Crippen molar-refractivity contribution in [3.63, 3.8) is 0 Å². The van der Waals surface area contributed by atoms with Gasteiger partial charge < -0.3 is 15.4 Å². The van der Waals surface area contributed by atoms with Gasteiger partial charge in [-0.1, -0.05) is 38.7 Å². The molecule has 2 heterocycles. The quantitative estimate of drug-likeness (QED) is 0.414. The molecular formula is C23H35N3O4Si. The van der Waals surface area contributed by atoms with E-state index in [1.807, 2.05) is 12.1 Å². The first kappa shape index (κ1) is 23.5. The highest BCUT2D eigenvalue weighted by atomic mass is 28.3. The number of benzene rings is 1. The van der Waals surface area contributed by atoms with Gasteiger partial charge in [0.15, 0.2) is 0 Å². The van der Waals surface area contributed by atoms with Crippen LogP contribution in [-0.4, -0.2) is 50.6 Å². The predicted molar refractivity (Wildman–Crippen MR) is 123 cm³/mol. The Bertz CT molecular complexity index is 852. The fourth-order valence-corrected chi connectivity index (χ4v) is 5.08. The number of nitrogens with two attached hydrogens (primary N) is 1. The first-order valence-electron chi connectivity index (χ1n) is 11.2. The van der Waals surface area contributed by atoms with Crippen molar-refractivity contribution in [3.8, 4) is 0 Å². The third-order valence-corrected chi connectivity index (χ3v) is 7.90. The zero-order valence-corrected chi connectivity index (χ0v) is 20.1. The van der Waals surface area contributed by atoms with Crippen molar-refractivity contribution in [1.29, 1.82) is 0 Å². The highest BCUT2D eigenvalue weighted by molar-refractivity contribution is 6.76. The maximum atomic E-state index is 12.5. The number of hydrogen-bond acceptors (Lipinski definition) is 4. The van der Waals surface area contributed by atoms with E-state index in [0.29, 0.717) is 31.9 Å². The molecule has 2 N–H and O–H groups in total. The maximum absolute atomic E-state index is 12.5. The number of fused-ring (bicyclic) bond motifs is 1. The molecule has 2 atom stereocenters. The molecule has 0 spiro atoms. The monoisotopic (exact) mass is 445 g/mol. The van der Waals surface area contributed by atoms with Crippen LogP contribution in [-0.2, 0) is 25.5 Å². The summed E-state index contributed by atoms with van der Waals surface area (Å²) in [5, 5.41) is 0. The lowest BCUT2D eigenvalue weighted by Crippen LogP contribution is -2.47. The lowest BCUT2D eigenvalue weighted by Gasteiger charge is -2.39. The molecule has 0 aromatic heterocycles. The van der Waals surface area contributed by atoms with Crippen LogP contribution in [0.15, 0.2) is 18.2 Å². The number of likely N-dealkylation sites (tertiary alicyclic amines) is 1. The van der Waals surface area contributed by atoms with Gasteiger partial charge in [0.1, 0.15) is 6.73 Å². The molecule has 3 amide bonds. The average molecular weight is 446 g/mol. The van der Waals surface area contributed by atoms with E-state index in [4.69, 9.17) is 10.5 Å². The average Bonchev–Trinajstić information content (AvgIpc) is 2.70. The Morgan fingerprint density at radius 1 is 1.19 bits per heavy atom. The second-order valence-electron chi connectivity index (χ2n) is 10.1. The Hall–Kier alpha value is -2.19. The van der Waals surface area contributed by atoms with Gasteiger partial charge in [-0.2, -0.15) is 0 Å². The van der Waals surface area contributed by atoms with E-state index < -0.39 is 19.9 Å². The molecule has 0 aliphatic carbocycles. The molecule has 170 valence electrons. The third kappa shape index (κ3) is 5.74. The summed E-state index contributed by atoms with van der Waals surface area (Å²) in [4.78, 5) is 39.8. The van der Waals surface area contributed by atoms with Gasteiger partial charge in [-0.15, -0.1) is 0 Å². The molecule has 8 heteroatoms. The number of rotatable bonds is 6. The fourth-order valence-electron chi connectivity index (χ4n) is 4.33. The van der Waals surface area contributed by atoms with Crippen molar-refractivity contribution in [2.45, 2.75) is 64.3 Å². The van der Waals surface area contributed by atoms with Crippen molar-refractivity contribution in [2.24, 2.45) is 11.7 Å². The standard InChI is InChI=1S/C23H35N3O4Si/c1-16-5-8-19(25(14-16)23(29)22(24)28)17-6-9-20-18(13-17)7-10-21(27)26(20)15-30-11-12-31(2,3)4/h6,9,13,16,19H,5,7-8,10-12,14-15H2,1-4H3,(H2,24,28). The number of amides is 3. The number of aryl methyl sites for hydroxylation is 1. The summed E-state index contributed by atoms with van der Waals surface area (Å²) >= 11 is 0. The molecule has 0 bridgehead atoms. The van der Waals surface area contributed by atoms with E-state index in [9.17, 15) is 14.4 Å². The van der Waals surface area contributed by atoms with Crippen molar-refractivity contribution in [2.75, 3.05) is 24.8 Å². The van der Waals surface area contributed by atoms with Crippen LogP contribution in [0.25, 0.3) is 0 Å². The number of primary amides is 1. The molecule has 2 aliphatic heterocycles. The highest BCUT2D eigenvalue weighted by Crippen LogP contribution is 2.37. The lowest BCUT2D eigenvalue weighted by atomic mass is 9.88. The van der Waals surface area contributed by atoms with E-state index in [1.165, 1.54) is 0 Å². The SMILES string of the molecule is CC1CCC(c2ccc3c(c2)CCC(=O)N3COCC[Si](C)(C)C)N(C(=O)C(N)=O)C1. The molecular weight excluding hydrogens is 410 g/mol. The maximum Gasteiger partial charge on any atom is 0.312 e. The van der Waals surface area contributed by atoms with Crippen LogP contribution in [0.4, 0.5) is 5.69 Å². The van der Waals surface area contributed by atoms with Crippen LogP contribution >= 0.6 is 0 Å². The minimum absolute atomic E-state index is 0.0743. The summed E-state index contributed by atoms with van der Waals surface area (Å²) < 4.78 is 5.85. The van der Waals surface area contributed by atoms with E-state index >= 15 is 0 Å². The normalized spacial score (nSPS) is 21.7. The zero-order valence-electron chi connectivity index (χ0n) is 19.1. The molecule has 0 saturated carbocycles. The Morgan fingerprint density at radius 3 is 2.61 bits per heavy atom. The summed E-state index contributed by atoms with van der Waals surface area (Å²) in [5.41, 5.74) is 8.25. The first-order chi connectivity index (χ1) is 14.6. The predicted octanol–water partition coefficient (Wildman–Crippen LogP) is 3.06. The molecule has 3 rings (SSSR count). The second kappa shape index (κ2) is 9.52. The minimum atomic E-state index is -1.18. The van der Waals surface area contributed by atoms with Crippen LogP contribution in [0.5, 0.6) is 0 Å². The number of carbonyl (C=O) groups excluding carboxylic acids is 3. The van der Waals surface area contributed by atoms with Crippen molar-refractivity contribution < 1.29 is 19.1 Å². The molecule has 0 radical (unpaired) electrons. The number of hydrogen-bond donors (Lipinski definition) is 1. The summed E-state index contributed by atoms with van der Waals surface area (Å²) in [6, 6.07) is 6.90. The number of carbonyl (C=O) groups is 3. The Balaban J connectivity index is 1.78. The number of ether oxygens (including phenoxy) is 1. The summed E-state index contributed by atoms with van der Waals surface area (Å²) in [6.45, 7) is 10.4. The first-order valence-corrected chi connectivity index (χ1v) is 14.9. The Morgan fingerprint density at radius 2 is 1.94 bits per heavy atom. The largest absolute Gasteiger partial charge is 0.361 e. The second-order valence-corrected chi connectivity index (χ2v) is 15.7. The van der Waals surface area contributed by atoms with Crippen LogP contribution in [0.1, 0.15) is 43.4 Å². The smallest absolute Gasteiger partial charge is 0.312 e. The Kier molecular flexibility index (Phi) is 7.21. The van der Waals surface area contributed by atoms with Gasteiger partial charge in [0.25, 0.3) is 0 Å². The number of piperidine rings is 1. The molecule has 31 heavy (non-hydrogen) atoms. The molecule has 1 aromatic rings. The van der Waals surface area contributed by atoms with Crippen LogP contribution in [0, 0.1) is 5.92 Å². The number of anilines is 1. The molecule has 7 nitrogen and oxygen atoms in total. The zero-order chi connectivity index (χ0) is 22.8. The fraction of sp³-hybridized carbons (Fsp3) is 0.609. The topological polar surface area (TPSA) is 92.9 Å². The molecule has 1 saturated heterocycles. The van der Waals surface area contributed by atoms with E-state index in [-0.39, 0.29) is 18.7 Å². The van der Waals surface area contributed by atoms with Crippen LogP contribution in [0.3, 0.4) is 0 Å².